The Morgan fingerprint density at radius 1 is 1.33 bits per heavy atom. The van der Waals surface area contributed by atoms with E-state index in [0.29, 0.717) is 24.4 Å². The number of aromatic amines is 1. The number of nitrogens with zero attached hydrogens (tertiary/aromatic N) is 4. The fourth-order valence-electron chi connectivity index (χ4n) is 3.18. The summed E-state index contributed by atoms with van der Waals surface area (Å²) in [5.74, 6) is -0.000966. The van der Waals surface area contributed by atoms with Gasteiger partial charge in [-0.05, 0) is 25.5 Å². The molecular formula is C17H17N5O2. The molecule has 24 heavy (non-hydrogen) atoms. The predicted octanol–water partition coefficient (Wildman–Crippen LogP) is 1.36. The summed E-state index contributed by atoms with van der Waals surface area (Å²) in [6.45, 7) is 3.09. The molecule has 0 saturated carbocycles. The Bertz CT molecular complexity index is 960. The summed E-state index contributed by atoms with van der Waals surface area (Å²) < 4.78 is 1.44. The van der Waals surface area contributed by atoms with Crippen LogP contribution >= 0.6 is 0 Å². The van der Waals surface area contributed by atoms with Gasteiger partial charge >= 0.3 is 0 Å². The lowest BCUT2D eigenvalue weighted by molar-refractivity contribution is 0.0785. The minimum Gasteiger partial charge on any atom is -0.337 e. The maximum atomic E-state index is 12.5. The molecular weight excluding hydrogens is 306 g/mol. The molecule has 0 radical (unpaired) electrons. The van der Waals surface area contributed by atoms with Crippen LogP contribution < -0.4 is 5.56 Å². The molecule has 0 aliphatic carbocycles. The molecule has 7 heteroatoms. The molecule has 0 spiro atoms. The smallest absolute Gasteiger partial charge is 0.272 e. The van der Waals surface area contributed by atoms with Crippen LogP contribution in [0.4, 0.5) is 0 Å². The first-order valence-electron chi connectivity index (χ1n) is 7.91. The van der Waals surface area contributed by atoms with Crippen molar-refractivity contribution >= 4 is 11.6 Å². The monoisotopic (exact) mass is 323 g/mol. The van der Waals surface area contributed by atoms with E-state index in [0.717, 1.165) is 17.8 Å². The number of aromatic nitrogens is 4. The third-order valence-electron chi connectivity index (χ3n) is 4.38. The maximum Gasteiger partial charge on any atom is 0.272 e. The number of hydrogen-bond donors (Lipinski definition) is 1. The first kappa shape index (κ1) is 14.6. The summed E-state index contributed by atoms with van der Waals surface area (Å²) in [6, 6.07) is 8.71. The van der Waals surface area contributed by atoms with Crippen LogP contribution in [0.15, 0.2) is 41.3 Å². The lowest BCUT2D eigenvalue weighted by atomic mass is 10.0. The van der Waals surface area contributed by atoms with Gasteiger partial charge in [-0.15, -0.1) is 0 Å². The number of H-pyrrole nitrogens is 1. The molecule has 1 aliphatic heterocycles. The van der Waals surface area contributed by atoms with Gasteiger partial charge in [0.15, 0.2) is 5.65 Å². The number of carbonyl (C=O) groups is 1. The van der Waals surface area contributed by atoms with Crippen LogP contribution in [0.3, 0.4) is 0 Å². The van der Waals surface area contributed by atoms with Crippen molar-refractivity contribution in [3.63, 3.8) is 0 Å². The third-order valence-corrected chi connectivity index (χ3v) is 4.38. The van der Waals surface area contributed by atoms with Crippen LogP contribution in [-0.2, 0) is 0 Å². The predicted molar refractivity (Wildman–Crippen MR) is 88.0 cm³/mol. The fourth-order valence-corrected chi connectivity index (χ4v) is 3.18. The van der Waals surface area contributed by atoms with Gasteiger partial charge in [-0.2, -0.15) is 0 Å². The van der Waals surface area contributed by atoms with Gasteiger partial charge in [0.25, 0.3) is 11.5 Å². The number of carbonyl (C=O) groups excluding carboxylic acids is 1. The van der Waals surface area contributed by atoms with E-state index in [9.17, 15) is 9.59 Å². The van der Waals surface area contributed by atoms with Gasteiger partial charge in [0.05, 0.1) is 5.69 Å². The highest BCUT2D eigenvalue weighted by Crippen LogP contribution is 2.26. The number of rotatable bonds is 2. The summed E-state index contributed by atoms with van der Waals surface area (Å²) >= 11 is 0. The quantitative estimate of drug-likeness (QED) is 0.772. The minimum atomic E-state index is -0.127. The number of likely N-dealkylation sites (tertiary alicyclic amines) is 1. The molecule has 1 saturated heterocycles. The van der Waals surface area contributed by atoms with Crippen molar-refractivity contribution in [2.24, 2.45) is 0 Å². The van der Waals surface area contributed by atoms with Crippen LogP contribution in [0.25, 0.3) is 5.65 Å². The highest BCUT2D eigenvalue weighted by Gasteiger charge is 2.29. The van der Waals surface area contributed by atoms with E-state index < -0.39 is 0 Å². The Hall–Kier alpha value is -2.96. The average molecular weight is 323 g/mol. The van der Waals surface area contributed by atoms with Crippen molar-refractivity contribution in [3.05, 3.63) is 64.0 Å². The third kappa shape index (κ3) is 2.47. The zero-order chi connectivity index (χ0) is 16.7. The largest absolute Gasteiger partial charge is 0.337 e. The molecule has 0 aromatic carbocycles. The minimum absolute atomic E-state index is 0.0746. The summed E-state index contributed by atoms with van der Waals surface area (Å²) in [6.07, 6.45) is 2.41. The number of pyridine rings is 1. The second kappa shape index (κ2) is 5.59. The standard InChI is InChI=1S/C17H17N5O2/c1-11-8-15-19-14(9-16(23)22(15)20-11)12-5-7-21(10-12)17(24)13-4-2-3-6-18-13/h2-4,6,8-9,12,20H,5,7,10H2,1H3/t12-/m0/s1. The molecule has 0 unspecified atom stereocenters. The second-order valence-electron chi connectivity index (χ2n) is 6.10. The van der Waals surface area contributed by atoms with Crippen molar-refractivity contribution in [2.75, 3.05) is 13.1 Å². The van der Waals surface area contributed by atoms with E-state index >= 15 is 0 Å². The molecule has 4 rings (SSSR count). The SMILES string of the molecule is Cc1cc2nc([C@H]3CCN(C(=O)c4ccccn4)C3)cc(=O)n2[nH]1. The van der Waals surface area contributed by atoms with Crippen molar-refractivity contribution in [3.8, 4) is 0 Å². The summed E-state index contributed by atoms with van der Waals surface area (Å²) in [4.78, 5) is 35.2. The molecule has 122 valence electrons. The fraction of sp³-hybridized carbons (Fsp3) is 0.294. The first-order chi connectivity index (χ1) is 11.6. The highest BCUT2D eigenvalue weighted by atomic mass is 16.2. The molecule has 1 fully saturated rings. The second-order valence-corrected chi connectivity index (χ2v) is 6.10. The molecule has 3 aromatic rings. The normalized spacial score (nSPS) is 17.5. The Balaban J connectivity index is 1.59. The molecule has 1 atom stereocenters. The van der Waals surface area contributed by atoms with Crippen molar-refractivity contribution < 1.29 is 4.79 Å². The Labute approximate surface area is 138 Å². The van der Waals surface area contributed by atoms with E-state index in [2.05, 4.69) is 15.1 Å². The van der Waals surface area contributed by atoms with Crippen LogP contribution in [-0.4, -0.2) is 43.5 Å². The van der Waals surface area contributed by atoms with E-state index in [1.165, 1.54) is 4.52 Å². The lowest BCUT2D eigenvalue weighted by Gasteiger charge is -2.15. The zero-order valence-corrected chi connectivity index (χ0v) is 13.3. The van der Waals surface area contributed by atoms with Gasteiger partial charge in [0.1, 0.15) is 5.69 Å². The molecule has 1 aliphatic rings. The summed E-state index contributed by atoms with van der Waals surface area (Å²) in [5.41, 5.74) is 2.57. The first-order valence-corrected chi connectivity index (χ1v) is 7.91. The van der Waals surface area contributed by atoms with E-state index in [4.69, 9.17) is 0 Å². The Morgan fingerprint density at radius 3 is 3.00 bits per heavy atom. The van der Waals surface area contributed by atoms with Crippen LogP contribution in [0.2, 0.25) is 0 Å². The number of amides is 1. The molecule has 1 N–H and O–H groups in total. The lowest BCUT2D eigenvalue weighted by Crippen LogP contribution is -2.29. The zero-order valence-electron chi connectivity index (χ0n) is 13.3. The highest BCUT2D eigenvalue weighted by molar-refractivity contribution is 5.92. The maximum absolute atomic E-state index is 12.5. The Morgan fingerprint density at radius 2 is 2.21 bits per heavy atom. The number of aryl methyl sites for hydroxylation is 1. The topological polar surface area (TPSA) is 83.4 Å². The van der Waals surface area contributed by atoms with Gasteiger partial charge in [-0.3, -0.25) is 19.7 Å². The Kier molecular flexibility index (Phi) is 3.41. The van der Waals surface area contributed by atoms with Crippen LogP contribution in [0, 0.1) is 6.92 Å². The van der Waals surface area contributed by atoms with Gasteiger partial charge in [-0.1, -0.05) is 6.07 Å². The van der Waals surface area contributed by atoms with Gasteiger partial charge in [0, 0.05) is 43.0 Å². The van der Waals surface area contributed by atoms with Crippen molar-refractivity contribution in [2.45, 2.75) is 19.3 Å². The van der Waals surface area contributed by atoms with E-state index in [1.54, 1.807) is 35.4 Å². The van der Waals surface area contributed by atoms with Crippen LogP contribution in [0.5, 0.6) is 0 Å². The summed E-state index contributed by atoms with van der Waals surface area (Å²) in [7, 11) is 0. The van der Waals surface area contributed by atoms with E-state index in [1.807, 2.05) is 13.0 Å². The van der Waals surface area contributed by atoms with Gasteiger partial charge in [-0.25, -0.2) is 9.50 Å². The van der Waals surface area contributed by atoms with Gasteiger partial charge < -0.3 is 4.90 Å². The van der Waals surface area contributed by atoms with Crippen molar-refractivity contribution in [1.82, 2.24) is 24.5 Å². The number of hydrogen-bond acceptors (Lipinski definition) is 4. The molecule has 3 aromatic heterocycles. The van der Waals surface area contributed by atoms with Gasteiger partial charge in [0.2, 0.25) is 0 Å². The summed E-state index contributed by atoms with van der Waals surface area (Å²) in [5, 5.41) is 2.96. The number of fused-ring (bicyclic) bond motifs is 1. The van der Waals surface area contributed by atoms with Crippen molar-refractivity contribution in [1.29, 1.82) is 0 Å². The van der Waals surface area contributed by atoms with E-state index in [-0.39, 0.29) is 17.4 Å². The molecule has 4 heterocycles. The van der Waals surface area contributed by atoms with Crippen LogP contribution in [0.1, 0.15) is 34.2 Å². The molecule has 7 nitrogen and oxygen atoms in total. The number of nitrogens with one attached hydrogen (secondary N) is 1. The molecule has 1 amide bonds. The average Bonchev–Trinajstić information content (AvgIpc) is 3.21. The molecule has 0 bridgehead atoms.